The highest BCUT2D eigenvalue weighted by molar-refractivity contribution is 6.16. The fourth-order valence-electron chi connectivity index (χ4n) is 4.56. The van der Waals surface area contributed by atoms with Crippen LogP contribution in [0.3, 0.4) is 0 Å². The average Bonchev–Trinajstić information content (AvgIpc) is 2.99. The number of piperazine rings is 1. The lowest BCUT2D eigenvalue weighted by Crippen LogP contribution is -2.44. The molecule has 44 heavy (non-hydrogen) atoms. The molecule has 0 aliphatic carbocycles. The number of nitrogens with zero attached hydrogens (tertiary/aromatic N) is 4. The second-order valence-electron chi connectivity index (χ2n) is 10.4. The highest BCUT2D eigenvalue weighted by Crippen LogP contribution is 2.36. The van der Waals surface area contributed by atoms with E-state index < -0.39 is 11.7 Å². The minimum atomic E-state index is -4.47. The van der Waals surface area contributed by atoms with E-state index in [2.05, 4.69) is 42.7 Å². The molecule has 0 bridgehead atoms. The third kappa shape index (κ3) is 9.60. The lowest BCUT2D eigenvalue weighted by molar-refractivity contribution is -0.138. The van der Waals surface area contributed by atoms with Crippen molar-refractivity contribution in [3.63, 3.8) is 0 Å². The van der Waals surface area contributed by atoms with Crippen molar-refractivity contribution in [2.45, 2.75) is 39.5 Å². The number of carbonyl (C=O) groups excluding carboxylic acids is 1. The smallest absolute Gasteiger partial charge is 0.383 e. The van der Waals surface area contributed by atoms with Crippen molar-refractivity contribution >= 4 is 24.1 Å². The van der Waals surface area contributed by atoms with Gasteiger partial charge in [-0.05, 0) is 75.2 Å². The topological polar surface area (TPSA) is 137 Å². The van der Waals surface area contributed by atoms with Gasteiger partial charge in [0.1, 0.15) is 30.5 Å². The van der Waals surface area contributed by atoms with Crippen molar-refractivity contribution in [3.8, 4) is 23.0 Å². The number of alkyl halides is 3. The summed E-state index contributed by atoms with van der Waals surface area (Å²) in [6.45, 7) is 11.2. The molecular formula is C32H41F3N8O. The number of rotatable bonds is 6. The summed E-state index contributed by atoms with van der Waals surface area (Å²) >= 11 is 0. The van der Waals surface area contributed by atoms with E-state index in [-0.39, 0.29) is 29.7 Å². The van der Waals surface area contributed by atoms with E-state index in [9.17, 15) is 13.2 Å². The number of carbonyl (C=O) groups is 1. The van der Waals surface area contributed by atoms with Gasteiger partial charge in [-0.1, -0.05) is 30.2 Å². The van der Waals surface area contributed by atoms with Gasteiger partial charge < -0.3 is 26.5 Å². The van der Waals surface area contributed by atoms with E-state index in [0.29, 0.717) is 28.1 Å². The number of nitrogens with two attached hydrogens (primary N) is 2. The molecule has 6 N–H and O–H groups in total. The Bertz CT molecular complexity index is 1470. The van der Waals surface area contributed by atoms with Crippen LogP contribution >= 0.6 is 0 Å². The predicted octanol–water partition coefficient (Wildman–Crippen LogP) is 4.43. The maximum Gasteiger partial charge on any atom is 0.416 e. The van der Waals surface area contributed by atoms with E-state index in [1.165, 1.54) is 19.4 Å². The number of aromatic nitrogens is 2. The first kappa shape index (κ1) is 35.9. The fourth-order valence-corrected chi connectivity index (χ4v) is 4.56. The van der Waals surface area contributed by atoms with Crippen LogP contribution in [0.4, 0.5) is 24.8 Å². The predicted molar refractivity (Wildman–Crippen MR) is 171 cm³/mol. The van der Waals surface area contributed by atoms with Crippen LogP contribution in [-0.2, 0) is 17.5 Å². The van der Waals surface area contributed by atoms with Gasteiger partial charge in [-0.3, -0.25) is 10.3 Å². The molecule has 3 aromatic rings. The third-order valence-electron chi connectivity index (χ3n) is 6.85. The summed E-state index contributed by atoms with van der Waals surface area (Å²) in [4.78, 5) is 20.4. The molecule has 1 fully saturated rings. The zero-order valence-electron chi connectivity index (χ0n) is 25.8. The molecule has 0 unspecified atom stereocenters. The molecule has 1 aliphatic heterocycles. The van der Waals surface area contributed by atoms with Crippen LogP contribution in [0, 0.1) is 24.2 Å². The molecule has 0 saturated carbocycles. The van der Waals surface area contributed by atoms with Crippen molar-refractivity contribution < 1.29 is 18.0 Å². The zero-order chi connectivity index (χ0) is 33.0. The highest BCUT2D eigenvalue weighted by atomic mass is 19.4. The Morgan fingerprint density at radius 2 is 1.68 bits per heavy atom. The number of benzene rings is 2. The Kier molecular flexibility index (Phi) is 13.5. The Morgan fingerprint density at radius 3 is 2.30 bits per heavy atom. The number of halogens is 3. The summed E-state index contributed by atoms with van der Waals surface area (Å²) in [6.07, 6.45) is -3.15. The quantitative estimate of drug-likeness (QED) is 0.238. The number of hydrogen-bond acceptors (Lipinski definition) is 9. The van der Waals surface area contributed by atoms with Gasteiger partial charge in [-0.15, -0.1) is 0 Å². The van der Waals surface area contributed by atoms with Gasteiger partial charge in [-0.25, -0.2) is 9.97 Å². The van der Waals surface area contributed by atoms with E-state index in [4.69, 9.17) is 15.9 Å². The zero-order valence-corrected chi connectivity index (χ0v) is 25.8. The van der Waals surface area contributed by atoms with Crippen LogP contribution in [0.25, 0.3) is 11.1 Å². The van der Waals surface area contributed by atoms with Crippen LogP contribution in [0.15, 0.2) is 42.7 Å². The van der Waals surface area contributed by atoms with E-state index in [1.807, 2.05) is 40.7 Å². The summed E-state index contributed by atoms with van der Waals surface area (Å²) in [5.41, 5.74) is 12.9. The summed E-state index contributed by atoms with van der Waals surface area (Å²) in [5.74, 6) is 6.38. The SMILES string of the molecule is C=O.CN.Cc1ccc(-c2ccc(CN3CCN(C)CC3)c(C(F)(F)F)c2)cc1C#CC(=N)c1c(N)ncnc1NC(C)C. The van der Waals surface area contributed by atoms with Gasteiger partial charge in [0.05, 0.1) is 11.1 Å². The van der Waals surface area contributed by atoms with E-state index in [0.717, 1.165) is 31.7 Å². The van der Waals surface area contributed by atoms with Crippen molar-refractivity contribution in [3.05, 3.63) is 70.5 Å². The number of nitrogen functional groups attached to an aromatic ring is 1. The lowest BCUT2D eigenvalue weighted by atomic mass is 9.95. The molecule has 0 radical (unpaired) electrons. The minimum Gasteiger partial charge on any atom is -0.383 e. The molecule has 0 spiro atoms. The number of likely N-dealkylation sites (N-methyl/N-ethyl adjacent to an activating group) is 1. The maximum atomic E-state index is 14.1. The molecule has 2 aromatic carbocycles. The molecule has 4 rings (SSSR count). The first-order chi connectivity index (χ1) is 20.9. The molecule has 1 aliphatic rings. The fraction of sp³-hybridized carbons (Fsp3) is 0.375. The van der Waals surface area contributed by atoms with Gasteiger partial charge in [0.25, 0.3) is 0 Å². The lowest BCUT2D eigenvalue weighted by Gasteiger charge is -2.33. The molecule has 1 saturated heterocycles. The highest BCUT2D eigenvalue weighted by Gasteiger charge is 2.34. The molecule has 0 atom stereocenters. The largest absolute Gasteiger partial charge is 0.416 e. The van der Waals surface area contributed by atoms with Gasteiger partial charge in [0.2, 0.25) is 0 Å². The Hall–Kier alpha value is -4.31. The normalized spacial score (nSPS) is 13.5. The molecule has 236 valence electrons. The monoisotopic (exact) mass is 610 g/mol. The van der Waals surface area contributed by atoms with Crippen molar-refractivity contribution in [2.75, 3.05) is 51.3 Å². The van der Waals surface area contributed by atoms with Gasteiger partial charge >= 0.3 is 6.18 Å². The molecule has 2 heterocycles. The maximum absolute atomic E-state index is 14.1. The van der Waals surface area contributed by atoms with Crippen LogP contribution in [-0.4, -0.2) is 78.6 Å². The molecule has 9 nitrogen and oxygen atoms in total. The average molecular weight is 611 g/mol. The first-order valence-corrected chi connectivity index (χ1v) is 14.0. The van der Waals surface area contributed by atoms with Gasteiger partial charge in [0, 0.05) is 44.3 Å². The van der Waals surface area contributed by atoms with Crippen molar-refractivity contribution in [2.24, 2.45) is 5.73 Å². The minimum absolute atomic E-state index is 0.0568. The standard InChI is InChI=1S/C30H34F3N7.CH5N.CH2O/c1-19(2)38-29-27(28(35)36-18-37-29)26(34)10-9-21-15-22(6-5-20(21)3)23-7-8-24(25(16-23)30(31,32)33)17-40-13-11-39(4)12-14-40;2*1-2/h5-8,15-16,18-19,34H,11-14,17H2,1-4H3,(H3,35,36,37,38);2H2,1H3;1H2. The molecule has 0 amide bonds. The van der Waals surface area contributed by atoms with Crippen LogP contribution in [0.5, 0.6) is 0 Å². The molecule has 12 heteroatoms. The van der Waals surface area contributed by atoms with Crippen LogP contribution in [0.1, 0.15) is 41.7 Å². The molecule has 1 aromatic heterocycles. The third-order valence-corrected chi connectivity index (χ3v) is 6.85. The Balaban J connectivity index is 0.00000162. The van der Waals surface area contributed by atoms with Crippen LogP contribution < -0.4 is 16.8 Å². The van der Waals surface area contributed by atoms with Gasteiger partial charge in [0.15, 0.2) is 0 Å². The van der Waals surface area contributed by atoms with E-state index in [1.54, 1.807) is 24.3 Å². The Labute approximate surface area is 257 Å². The van der Waals surface area contributed by atoms with Crippen molar-refractivity contribution in [1.82, 2.24) is 19.8 Å². The number of anilines is 2. The van der Waals surface area contributed by atoms with E-state index >= 15 is 0 Å². The summed E-state index contributed by atoms with van der Waals surface area (Å²) in [7, 11) is 3.52. The van der Waals surface area contributed by atoms with Gasteiger partial charge in [-0.2, -0.15) is 13.2 Å². The second kappa shape index (κ2) is 16.5. The first-order valence-electron chi connectivity index (χ1n) is 14.0. The summed E-state index contributed by atoms with van der Waals surface area (Å²) in [6, 6.07) is 9.96. The summed E-state index contributed by atoms with van der Waals surface area (Å²) in [5, 5.41) is 11.7. The number of nitrogens with one attached hydrogen (secondary N) is 2. The van der Waals surface area contributed by atoms with Crippen molar-refractivity contribution in [1.29, 1.82) is 5.41 Å². The number of hydrogen-bond donors (Lipinski definition) is 4. The summed E-state index contributed by atoms with van der Waals surface area (Å²) < 4.78 is 42.4. The Morgan fingerprint density at radius 1 is 1.07 bits per heavy atom. The second-order valence-corrected chi connectivity index (χ2v) is 10.4. The number of aryl methyl sites for hydroxylation is 1. The molecular weight excluding hydrogens is 569 g/mol. The van der Waals surface area contributed by atoms with Crippen LogP contribution in [0.2, 0.25) is 0 Å².